The zero-order chi connectivity index (χ0) is 29.4. The van der Waals surface area contributed by atoms with Gasteiger partial charge in [0.05, 0.1) is 39.2 Å². The van der Waals surface area contributed by atoms with Crippen molar-refractivity contribution in [1.82, 2.24) is 0 Å². The predicted octanol–water partition coefficient (Wildman–Crippen LogP) is 5.45. The molecule has 2 heterocycles. The van der Waals surface area contributed by atoms with Gasteiger partial charge in [0.25, 0.3) is 23.6 Å². The van der Waals surface area contributed by atoms with Crippen molar-refractivity contribution in [3.63, 3.8) is 0 Å². The van der Waals surface area contributed by atoms with E-state index >= 15 is 0 Å². The van der Waals surface area contributed by atoms with Gasteiger partial charge in [0, 0.05) is 11.4 Å². The Morgan fingerprint density at radius 3 is 1.41 bits per heavy atom. The average molecular weight is 557 g/mol. The molecule has 6 rings (SSSR count). The second kappa shape index (κ2) is 8.78. The number of nitrogens with zero attached hydrogens (tertiary/aromatic N) is 2. The standard InChI is InChI=1S/C30H19F3N4O4/c1-14-10-17(36-26(38)21-6-2-15(34)11-23(21)28(36)40)4-8-19(14)20-9-5-18(13-25(20)30(31,32)33)37-27(39)22-7-3-16(35)12-24(22)29(37)41/h2-13H,34-35H2,1H3. The van der Waals surface area contributed by atoms with Crippen molar-refractivity contribution < 1.29 is 32.3 Å². The van der Waals surface area contributed by atoms with E-state index in [1.165, 1.54) is 66.7 Å². The van der Waals surface area contributed by atoms with Crippen molar-refractivity contribution in [1.29, 1.82) is 0 Å². The van der Waals surface area contributed by atoms with Crippen LogP contribution in [-0.4, -0.2) is 23.6 Å². The van der Waals surface area contributed by atoms with E-state index in [1.54, 1.807) is 6.92 Å². The van der Waals surface area contributed by atoms with E-state index in [2.05, 4.69) is 0 Å². The average Bonchev–Trinajstić information content (AvgIpc) is 3.31. The van der Waals surface area contributed by atoms with E-state index in [4.69, 9.17) is 11.5 Å². The smallest absolute Gasteiger partial charge is 0.399 e. The number of fused-ring (bicyclic) bond motifs is 2. The van der Waals surface area contributed by atoms with Crippen LogP contribution in [0.2, 0.25) is 0 Å². The number of nitrogens with two attached hydrogens (primary N) is 2. The van der Waals surface area contributed by atoms with Crippen LogP contribution in [0.3, 0.4) is 0 Å². The third kappa shape index (κ3) is 3.93. The Hall–Kier alpha value is -5.45. The van der Waals surface area contributed by atoms with Crippen molar-refractivity contribution in [2.24, 2.45) is 0 Å². The van der Waals surface area contributed by atoms with Gasteiger partial charge in [-0.3, -0.25) is 19.2 Å². The molecule has 204 valence electrons. The first kappa shape index (κ1) is 25.8. The topological polar surface area (TPSA) is 127 Å². The van der Waals surface area contributed by atoms with Crippen LogP contribution < -0.4 is 21.3 Å². The van der Waals surface area contributed by atoms with Crippen molar-refractivity contribution in [2.45, 2.75) is 13.1 Å². The summed E-state index contributed by atoms with van der Waals surface area (Å²) in [6.07, 6.45) is -4.85. The van der Waals surface area contributed by atoms with Gasteiger partial charge in [-0.15, -0.1) is 0 Å². The lowest BCUT2D eigenvalue weighted by Gasteiger charge is -2.21. The molecule has 0 unspecified atom stereocenters. The summed E-state index contributed by atoms with van der Waals surface area (Å²) in [4.78, 5) is 53.4. The highest BCUT2D eigenvalue weighted by Gasteiger charge is 2.40. The lowest BCUT2D eigenvalue weighted by Crippen LogP contribution is -2.29. The molecule has 2 aliphatic rings. The van der Waals surface area contributed by atoms with E-state index in [-0.39, 0.29) is 50.4 Å². The van der Waals surface area contributed by atoms with Gasteiger partial charge in [0.1, 0.15) is 0 Å². The Balaban J connectivity index is 1.39. The van der Waals surface area contributed by atoms with Crippen molar-refractivity contribution >= 4 is 46.4 Å². The lowest BCUT2D eigenvalue weighted by molar-refractivity contribution is -0.137. The number of benzene rings is 4. The number of hydrogen-bond acceptors (Lipinski definition) is 6. The molecule has 4 aromatic rings. The van der Waals surface area contributed by atoms with Gasteiger partial charge < -0.3 is 11.5 Å². The minimum Gasteiger partial charge on any atom is -0.399 e. The number of aryl methyl sites for hydroxylation is 1. The van der Waals surface area contributed by atoms with Crippen LogP contribution in [0, 0.1) is 6.92 Å². The molecule has 0 bridgehead atoms. The molecule has 0 aromatic heterocycles. The summed E-state index contributed by atoms with van der Waals surface area (Å²) in [5.74, 6) is -2.69. The zero-order valence-corrected chi connectivity index (χ0v) is 21.2. The Kier molecular flexibility index (Phi) is 5.53. The van der Waals surface area contributed by atoms with Gasteiger partial charge >= 0.3 is 6.18 Å². The lowest BCUT2D eigenvalue weighted by atomic mass is 9.94. The van der Waals surface area contributed by atoms with Crippen LogP contribution in [0.4, 0.5) is 35.9 Å². The number of nitrogen functional groups attached to an aromatic ring is 2. The number of anilines is 4. The molecule has 0 spiro atoms. The number of amides is 4. The van der Waals surface area contributed by atoms with Gasteiger partial charge in [-0.2, -0.15) is 13.2 Å². The van der Waals surface area contributed by atoms with Gasteiger partial charge in [-0.05, 0) is 84.3 Å². The first-order chi connectivity index (χ1) is 19.4. The van der Waals surface area contributed by atoms with E-state index in [9.17, 15) is 32.3 Å². The van der Waals surface area contributed by atoms with Crippen LogP contribution >= 0.6 is 0 Å². The molecule has 11 heteroatoms. The maximum atomic E-state index is 14.3. The molecule has 4 N–H and O–H groups in total. The number of hydrogen-bond donors (Lipinski definition) is 2. The quantitative estimate of drug-likeness (QED) is 0.255. The number of halogens is 3. The second-order valence-electron chi connectivity index (χ2n) is 9.73. The molecule has 0 atom stereocenters. The maximum absolute atomic E-state index is 14.3. The largest absolute Gasteiger partial charge is 0.417 e. The van der Waals surface area contributed by atoms with Crippen LogP contribution in [-0.2, 0) is 6.18 Å². The first-order valence-electron chi connectivity index (χ1n) is 12.3. The SMILES string of the molecule is Cc1cc(N2C(=O)c3ccc(N)cc3C2=O)ccc1-c1ccc(N2C(=O)c3ccc(N)cc3C2=O)cc1C(F)(F)F. The summed E-state index contributed by atoms with van der Waals surface area (Å²) in [5, 5.41) is 0. The molecule has 41 heavy (non-hydrogen) atoms. The maximum Gasteiger partial charge on any atom is 0.417 e. The molecule has 8 nitrogen and oxygen atoms in total. The van der Waals surface area contributed by atoms with Crippen LogP contribution in [0.15, 0.2) is 72.8 Å². The fraction of sp³-hybridized carbons (Fsp3) is 0.0667. The molecule has 0 saturated carbocycles. The van der Waals surface area contributed by atoms with Crippen molar-refractivity contribution in [3.05, 3.63) is 106 Å². The number of carbonyl (C=O) groups excluding carboxylic acids is 4. The summed E-state index contributed by atoms with van der Waals surface area (Å²) in [6.45, 7) is 1.55. The number of imide groups is 2. The van der Waals surface area contributed by atoms with Gasteiger partial charge in [0.2, 0.25) is 0 Å². The van der Waals surface area contributed by atoms with E-state index in [0.29, 0.717) is 16.2 Å². The zero-order valence-electron chi connectivity index (χ0n) is 21.2. The minimum absolute atomic E-state index is 0.00918. The number of alkyl halides is 3. The normalized spacial score (nSPS) is 14.6. The summed E-state index contributed by atoms with van der Waals surface area (Å²) in [7, 11) is 0. The van der Waals surface area contributed by atoms with Crippen LogP contribution in [0.1, 0.15) is 52.6 Å². The molecule has 2 aliphatic heterocycles. The monoisotopic (exact) mass is 556 g/mol. The molecular weight excluding hydrogens is 537 g/mol. The van der Waals surface area contributed by atoms with Gasteiger partial charge in [-0.25, -0.2) is 9.80 Å². The molecule has 4 amide bonds. The highest BCUT2D eigenvalue weighted by atomic mass is 19.4. The highest BCUT2D eigenvalue weighted by molar-refractivity contribution is 6.35. The predicted molar refractivity (Wildman–Crippen MR) is 146 cm³/mol. The number of carbonyl (C=O) groups is 4. The third-order valence-corrected chi connectivity index (χ3v) is 7.15. The summed E-state index contributed by atoms with van der Waals surface area (Å²) >= 11 is 0. The van der Waals surface area contributed by atoms with E-state index in [0.717, 1.165) is 11.0 Å². The van der Waals surface area contributed by atoms with Crippen LogP contribution in [0.5, 0.6) is 0 Å². The summed E-state index contributed by atoms with van der Waals surface area (Å²) < 4.78 is 43.0. The molecule has 0 fully saturated rings. The van der Waals surface area contributed by atoms with E-state index < -0.39 is 35.4 Å². The summed E-state index contributed by atoms with van der Waals surface area (Å²) in [6, 6.07) is 15.9. The summed E-state index contributed by atoms with van der Waals surface area (Å²) in [5.41, 5.74) is 11.6. The Bertz CT molecular complexity index is 1870. The molecule has 0 radical (unpaired) electrons. The Morgan fingerprint density at radius 1 is 0.537 bits per heavy atom. The highest BCUT2D eigenvalue weighted by Crippen LogP contribution is 2.42. The van der Waals surface area contributed by atoms with Crippen molar-refractivity contribution in [3.8, 4) is 11.1 Å². The molecular formula is C30H19F3N4O4. The fourth-order valence-corrected chi connectivity index (χ4v) is 5.22. The molecule has 0 saturated heterocycles. The third-order valence-electron chi connectivity index (χ3n) is 7.15. The Morgan fingerprint density at radius 2 is 0.951 bits per heavy atom. The Labute approximate surface area is 230 Å². The molecule has 4 aromatic carbocycles. The molecule has 0 aliphatic carbocycles. The van der Waals surface area contributed by atoms with Gasteiger partial charge in [-0.1, -0.05) is 12.1 Å². The fourth-order valence-electron chi connectivity index (χ4n) is 5.22. The van der Waals surface area contributed by atoms with E-state index in [1.807, 2.05) is 0 Å². The minimum atomic E-state index is -4.85. The first-order valence-corrected chi connectivity index (χ1v) is 12.3. The number of rotatable bonds is 3. The van der Waals surface area contributed by atoms with Crippen LogP contribution in [0.25, 0.3) is 11.1 Å². The second-order valence-corrected chi connectivity index (χ2v) is 9.73. The van der Waals surface area contributed by atoms with Crippen molar-refractivity contribution in [2.75, 3.05) is 21.3 Å². The van der Waals surface area contributed by atoms with Gasteiger partial charge in [0.15, 0.2) is 0 Å².